The number of aryl methyl sites for hydroxylation is 2. The summed E-state index contributed by atoms with van der Waals surface area (Å²) in [5, 5.41) is 15.3. The van der Waals surface area contributed by atoms with Crippen molar-refractivity contribution in [2.75, 3.05) is 24.4 Å². The van der Waals surface area contributed by atoms with E-state index in [0.29, 0.717) is 23.7 Å². The first kappa shape index (κ1) is 24.1. The molecular formula is C25H25BrN2O5. The number of ether oxygens (including phenoxy) is 2. The smallest absolute Gasteiger partial charge is 0.335 e. The lowest BCUT2D eigenvalue weighted by Crippen LogP contribution is -2.21. The van der Waals surface area contributed by atoms with Crippen molar-refractivity contribution < 1.29 is 24.2 Å². The lowest BCUT2D eigenvalue weighted by atomic mass is 10.1. The lowest BCUT2D eigenvalue weighted by Gasteiger charge is -2.18. The van der Waals surface area contributed by atoms with E-state index in [2.05, 4.69) is 26.6 Å². The van der Waals surface area contributed by atoms with Gasteiger partial charge in [-0.3, -0.25) is 4.79 Å². The average Bonchev–Trinajstić information content (AvgIpc) is 2.79. The molecule has 0 unspecified atom stereocenters. The fraction of sp³-hybridized carbons (Fsp3) is 0.200. The molecule has 33 heavy (non-hydrogen) atoms. The second-order valence-corrected chi connectivity index (χ2v) is 8.30. The first-order valence-electron chi connectivity index (χ1n) is 10.2. The number of rotatable bonds is 9. The Balaban J connectivity index is 1.75. The standard InChI is InChI=1S/C25H25BrN2O5/c1-15-4-7-18(8-5-15)28-23(29)14-33-24-19(20(26)9-11-22(24)32-3)13-27-21-10-6-17(25(30)31)12-16(21)2/h4-12,27H,13-14H2,1-3H3,(H,28,29)(H,30,31). The van der Waals surface area contributed by atoms with Crippen LogP contribution >= 0.6 is 15.9 Å². The van der Waals surface area contributed by atoms with Crippen molar-refractivity contribution >= 4 is 39.2 Å². The minimum Gasteiger partial charge on any atom is -0.493 e. The molecule has 0 spiro atoms. The molecule has 3 N–H and O–H groups in total. The van der Waals surface area contributed by atoms with Crippen molar-refractivity contribution in [1.82, 2.24) is 0 Å². The van der Waals surface area contributed by atoms with Crippen LogP contribution in [0.25, 0.3) is 0 Å². The minimum absolute atomic E-state index is 0.194. The Bertz CT molecular complexity index is 1160. The predicted octanol–water partition coefficient (Wildman–Crippen LogP) is 5.40. The highest BCUT2D eigenvalue weighted by molar-refractivity contribution is 9.10. The number of amides is 1. The van der Waals surface area contributed by atoms with Crippen molar-refractivity contribution in [3.8, 4) is 11.5 Å². The van der Waals surface area contributed by atoms with Gasteiger partial charge in [0, 0.05) is 28.0 Å². The number of aromatic carboxylic acids is 1. The Morgan fingerprint density at radius 3 is 2.39 bits per heavy atom. The van der Waals surface area contributed by atoms with Crippen molar-refractivity contribution in [3.05, 3.63) is 81.3 Å². The van der Waals surface area contributed by atoms with Gasteiger partial charge in [-0.1, -0.05) is 33.6 Å². The van der Waals surface area contributed by atoms with Gasteiger partial charge in [0.25, 0.3) is 5.91 Å². The van der Waals surface area contributed by atoms with E-state index in [1.54, 1.807) is 24.3 Å². The number of benzene rings is 3. The summed E-state index contributed by atoms with van der Waals surface area (Å²) in [4.78, 5) is 23.6. The highest BCUT2D eigenvalue weighted by Crippen LogP contribution is 2.37. The monoisotopic (exact) mass is 512 g/mol. The van der Waals surface area contributed by atoms with Crippen LogP contribution in [0.3, 0.4) is 0 Å². The fourth-order valence-corrected chi connectivity index (χ4v) is 3.67. The number of halogens is 1. The second-order valence-electron chi connectivity index (χ2n) is 7.45. The van der Waals surface area contributed by atoms with Crippen LogP contribution in [0, 0.1) is 13.8 Å². The zero-order chi connectivity index (χ0) is 24.0. The molecule has 0 heterocycles. The van der Waals surface area contributed by atoms with Crippen LogP contribution in [0.2, 0.25) is 0 Å². The number of anilines is 2. The maximum atomic E-state index is 12.4. The number of methoxy groups -OCH3 is 1. The van der Waals surface area contributed by atoms with Gasteiger partial charge in [-0.05, 0) is 61.9 Å². The molecule has 0 atom stereocenters. The SMILES string of the molecule is COc1ccc(Br)c(CNc2ccc(C(=O)O)cc2C)c1OCC(=O)Nc1ccc(C)cc1. The molecule has 0 aromatic heterocycles. The van der Waals surface area contributed by atoms with Crippen LogP contribution < -0.4 is 20.1 Å². The van der Waals surface area contributed by atoms with E-state index in [1.807, 2.05) is 44.2 Å². The molecule has 3 aromatic rings. The minimum atomic E-state index is -0.972. The third-order valence-corrected chi connectivity index (χ3v) is 5.74. The van der Waals surface area contributed by atoms with E-state index < -0.39 is 5.97 Å². The number of hydrogen-bond acceptors (Lipinski definition) is 5. The number of carbonyl (C=O) groups is 2. The highest BCUT2D eigenvalue weighted by atomic mass is 79.9. The third-order valence-electron chi connectivity index (χ3n) is 5.00. The Morgan fingerprint density at radius 1 is 1.03 bits per heavy atom. The van der Waals surface area contributed by atoms with Gasteiger partial charge < -0.3 is 25.2 Å². The van der Waals surface area contributed by atoms with Crippen LogP contribution in [-0.4, -0.2) is 30.7 Å². The second kappa shape index (κ2) is 10.9. The summed E-state index contributed by atoms with van der Waals surface area (Å²) in [5.41, 5.74) is 4.38. The van der Waals surface area contributed by atoms with Crippen molar-refractivity contribution in [2.24, 2.45) is 0 Å². The maximum Gasteiger partial charge on any atom is 0.335 e. The summed E-state index contributed by atoms with van der Waals surface area (Å²) >= 11 is 3.55. The van der Waals surface area contributed by atoms with E-state index in [0.717, 1.165) is 26.9 Å². The molecule has 0 saturated heterocycles. The Hall–Kier alpha value is -3.52. The van der Waals surface area contributed by atoms with Crippen LogP contribution in [0.15, 0.2) is 59.1 Å². The maximum absolute atomic E-state index is 12.4. The van der Waals surface area contributed by atoms with Gasteiger partial charge in [0.05, 0.1) is 12.7 Å². The van der Waals surface area contributed by atoms with Crippen LogP contribution in [-0.2, 0) is 11.3 Å². The summed E-state index contributed by atoms with van der Waals surface area (Å²) in [6, 6.07) is 16.0. The Labute approximate surface area is 200 Å². The molecule has 3 aromatic carbocycles. The first-order valence-corrected chi connectivity index (χ1v) is 11.0. The van der Waals surface area contributed by atoms with Crippen LogP contribution in [0.4, 0.5) is 11.4 Å². The molecule has 8 heteroatoms. The zero-order valence-corrected chi connectivity index (χ0v) is 20.2. The Morgan fingerprint density at radius 2 is 1.76 bits per heavy atom. The molecule has 0 aliphatic carbocycles. The number of hydrogen-bond donors (Lipinski definition) is 3. The topological polar surface area (TPSA) is 96.9 Å². The molecule has 1 amide bonds. The van der Waals surface area contributed by atoms with E-state index in [-0.39, 0.29) is 18.1 Å². The molecule has 3 rings (SSSR count). The first-order chi connectivity index (χ1) is 15.8. The lowest BCUT2D eigenvalue weighted by molar-refractivity contribution is -0.118. The molecule has 0 bridgehead atoms. The molecular weight excluding hydrogens is 488 g/mol. The van der Waals surface area contributed by atoms with Gasteiger partial charge in [-0.15, -0.1) is 0 Å². The number of carbonyl (C=O) groups excluding carboxylic acids is 1. The summed E-state index contributed by atoms with van der Waals surface area (Å²) in [5.74, 6) is -0.325. The summed E-state index contributed by atoms with van der Waals surface area (Å²) in [6.07, 6.45) is 0. The van der Waals surface area contributed by atoms with Crippen molar-refractivity contribution in [2.45, 2.75) is 20.4 Å². The molecule has 0 radical (unpaired) electrons. The molecule has 7 nitrogen and oxygen atoms in total. The number of carboxylic acids is 1. The fourth-order valence-electron chi connectivity index (χ4n) is 3.22. The van der Waals surface area contributed by atoms with Gasteiger partial charge in [-0.2, -0.15) is 0 Å². The van der Waals surface area contributed by atoms with Gasteiger partial charge in [0.15, 0.2) is 18.1 Å². The van der Waals surface area contributed by atoms with E-state index in [9.17, 15) is 9.59 Å². The normalized spacial score (nSPS) is 10.4. The summed E-state index contributed by atoms with van der Waals surface area (Å²) < 4.78 is 12.1. The number of nitrogens with one attached hydrogen (secondary N) is 2. The summed E-state index contributed by atoms with van der Waals surface area (Å²) in [6.45, 7) is 3.98. The van der Waals surface area contributed by atoms with Gasteiger partial charge >= 0.3 is 5.97 Å². The van der Waals surface area contributed by atoms with Crippen LogP contribution in [0.5, 0.6) is 11.5 Å². The molecule has 0 fully saturated rings. The van der Waals surface area contributed by atoms with Crippen molar-refractivity contribution in [1.29, 1.82) is 0 Å². The van der Waals surface area contributed by atoms with E-state index in [1.165, 1.54) is 7.11 Å². The molecule has 0 saturated carbocycles. The van der Waals surface area contributed by atoms with E-state index in [4.69, 9.17) is 14.6 Å². The quantitative estimate of drug-likeness (QED) is 0.355. The Kier molecular flexibility index (Phi) is 7.95. The molecule has 0 aliphatic rings. The predicted molar refractivity (Wildman–Crippen MR) is 131 cm³/mol. The average molecular weight is 513 g/mol. The third kappa shape index (κ3) is 6.26. The van der Waals surface area contributed by atoms with Gasteiger partial charge in [0.2, 0.25) is 0 Å². The van der Waals surface area contributed by atoms with E-state index >= 15 is 0 Å². The van der Waals surface area contributed by atoms with Gasteiger partial charge in [0.1, 0.15) is 0 Å². The van der Waals surface area contributed by atoms with Crippen molar-refractivity contribution in [3.63, 3.8) is 0 Å². The largest absolute Gasteiger partial charge is 0.493 e. The van der Waals surface area contributed by atoms with Gasteiger partial charge in [-0.25, -0.2) is 4.79 Å². The van der Waals surface area contributed by atoms with Crippen LogP contribution in [0.1, 0.15) is 27.0 Å². The number of carboxylic acid groups (broad SMARTS) is 1. The molecule has 0 aliphatic heterocycles. The highest BCUT2D eigenvalue weighted by Gasteiger charge is 2.17. The summed E-state index contributed by atoms with van der Waals surface area (Å²) in [7, 11) is 1.54. The zero-order valence-electron chi connectivity index (χ0n) is 18.6. The molecule has 172 valence electrons.